The topological polar surface area (TPSA) is 202 Å². The Morgan fingerprint density at radius 3 is 1.44 bits per heavy atom. The molecule has 0 unspecified atom stereocenters. The van der Waals surface area contributed by atoms with Gasteiger partial charge in [-0.3, -0.25) is 42.0 Å². The van der Waals surface area contributed by atoms with E-state index in [1.54, 1.807) is 0 Å². The summed E-state index contributed by atoms with van der Waals surface area (Å²) in [6.45, 7) is 0. The van der Waals surface area contributed by atoms with E-state index in [2.05, 4.69) is 11.7 Å². The Balaban J connectivity index is 0.00000137. The number of nitrogens with two attached hydrogens (primary N) is 2. The zero-order valence-corrected chi connectivity index (χ0v) is 8.55. The van der Waals surface area contributed by atoms with Gasteiger partial charge in [-0.2, -0.15) is 0 Å². The van der Waals surface area contributed by atoms with Crippen LogP contribution >= 0.6 is 0 Å². The second kappa shape index (κ2) is 6.02. The van der Waals surface area contributed by atoms with Gasteiger partial charge in [0, 0.05) is 0 Å². The quantitative estimate of drug-likeness (QED) is 0.378. The number of hydrogen-bond donors (Lipinski definition) is 3. The molecule has 18 heavy (non-hydrogen) atoms. The number of rotatable bonds is 3. The predicted octanol–water partition coefficient (Wildman–Crippen LogP) is -0.0644. The number of nitro benzene ring substituents is 3. The number of nitrogens with zero attached hydrogens (tertiary/aromatic N) is 3. The summed E-state index contributed by atoms with van der Waals surface area (Å²) in [5.74, 6) is 6.79. The maximum atomic E-state index is 10.4. The second-order valence-electron chi connectivity index (χ2n) is 2.60. The summed E-state index contributed by atoms with van der Waals surface area (Å²) in [5, 5.41) is 40.2. The van der Waals surface area contributed by atoms with Crippen molar-refractivity contribution in [2.24, 2.45) is 11.7 Å². The molecule has 12 nitrogen and oxygen atoms in total. The lowest BCUT2D eigenvalue weighted by molar-refractivity contribution is -0.404. The van der Waals surface area contributed by atoms with E-state index in [1.165, 1.54) is 0 Å². The summed E-state index contributed by atoms with van der Waals surface area (Å²) in [6, 6.07) is 0.894. The van der Waals surface area contributed by atoms with Crippen LogP contribution in [0.5, 0.6) is 5.75 Å². The average molecular weight is 261 g/mol. The molecule has 0 fully saturated rings. The standard InChI is InChI=1S/C6H3N3O7.H4N2/c10-6-4(8(13)14)1-3(7(11)12)2-5(6)9(15)16;1-2/h1-2,10H;1-2H2. The molecular weight excluding hydrogens is 254 g/mol. The fourth-order valence-corrected chi connectivity index (χ4v) is 0.974. The number of benzene rings is 1. The molecule has 0 saturated carbocycles. The first-order valence-corrected chi connectivity index (χ1v) is 3.98. The summed E-state index contributed by atoms with van der Waals surface area (Å²) in [7, 11) is 0. The van der Waals surface area contributed by atoms with Gasteiger partial charge in [-0.1, -0.05) is 0 Å². The molecule has 0 heterocycles. The summed E-state index contributed by atoms with van der Waals surface area (Å²) >= 11 is 0. The van der Waals surface area contributed by atoms with E-state index in [0.29, 0.717) is 12.1 Å². The molecule has 5 N–H and O–H groups in total. The normalized spacial score (nSPS) is 9.00. The van der Waals surface area contributed by atoms with Gasteiger partial charge in [0.2, 0.25) is 0 Å². The first-order chi connectivity index (χ1) is 8.34. The molecule has 1 aromatic rings. The lowest BCUT2D eigenvalue weighted by Gasteiger charge is -1.97. The van der Waals surface area contributed by atoms with Gasteiger partial charge in [0.05, 0.1) is 26.9 Å². The SMILES string of the molecule is NN.O=[N+]([O-])c1cc([N+](=O)[O-])c(O)c([N+](=O)[O-])c1. The Kier molecular flexibility index (Phi) is 5.06. The van der Waals surface area contributed by atoms with Crippen LogP contribution in [-0.2, 0) is 0 Å². The van der Waals surface area contributed by atoms with Crippen LogP contribution in [0.4, 0.5) is 17.1 Å². The fourth-order valence-electron chi connectivity index (χ4n) is 0.974. The monoisotopic (exact) mass is 261 g/mol. The van der Waals surface area contributed by atoms with Gasteiger partial charge in [-0.25, -0.2) is 0 Å². The van der Waals surface area contributed by atoms with Gasteiger partial charge in [0.15, 0.2) is 0 Å². The number of nitro groups is 3. The zero-order chi connectivity index (χ0) is 14.5. The van der Waals surface area contributed by atoms with E-state index in [9.17, 15) is 30.3 Å². The van der Waals surface area contributed by atoms with E-state index >= 15 is 0 Å². The molecule has 0 aromatic heterocycles. The van der Waals surface area contributed by atoms with Crippen molar-refractivity contribution in [3.63, 3.8) is 0 Å². The third-order valence-corrected chi connectivity index (χ3v) is 1.66. The first-order valence-electron chi connectivity index (χ1n) is 3.98. The minimum absolute atomic E-state index is 0.447. The molecule has 0 aliphatic heterocycles. The molecule has 1 rings (SSSR count). The highest BCUT2D eigenvalue weighted by atomic mass is 16.6. The zero-order valence-electron chi connectivity index (χ0n) is 8.55. The molecule has 0 radical (unpaired) electrons. The summed E-state index contributed by atoms with van der Waals surface area (Å²) < 4.78 is 0. The predicted molar refractivity (Wildman–Crippen MR) is 56.4 cm³/mol. The second-order valence-corrected chi connectivity index (χ2v) is 2.60. The highest BCUT2D eigenvalue weighted by Crippen LogP contribution is 2.38. The molecule has 0 spiro atoms. The average Bonchev–Trinajstić information content (AvgIpc) is 2.30. The number of non-ortho nitro benzene ring substituents is 1. The number of phenolic OH excluding ortho intramolecular Hbond substituents is 1. The number of hydrogen-bond acceptors (Lipinski definition) is 9. The van der Waals surface area contributed by atoms with E-state index in [0.717, 1.165) is 0 Å². The van der Waals surface area contributed by atoms with Crippen LogP contribution in [-0.4, -0.2) is 19.9 Å². The Bertz CT molecular complexity index is 466. The van der Waals surface area contributed by atoms with Crippen LogP contribution in [0.2, 0.25) is 0 Å². The van der Waals surface area contributed by atoms with E-state index in [1.807, 2.05) is 0 Å². The van der Waals surface area contributed by atoms with Crippen molar-refractivity contribution in [3.8, 4) is 5.75 Å². The molecular formula is C6H7N5O7. The smallest absolute Gasteiger partial charge is 0.324 e. The Labute approximate surface area is 97.8 Å². The van der Waals surface area contributed by atoms with Crippen molar-refractivity contribution in [1.82, 2.24) is 0 Å². The molecule has 0 saturated heterocycles. The van der Waals surface area contributed by atoms with Crippen LogP contribution in [0, 0.1) is 30.3 Å². The van der Waals surface area contributed by atoms with Crippen molar-refractivity contribution in [2.75, 3.05) is 0 Å². The van der Waals surface area contributed by atoms with Crippen molar-refractivity contribution in [3.05, 3.63) is 42.5 Å². The maximum absolute atomic E-state index is 10.4. The van der Waals surface area contributed by atoms with Gasteiger partial charge in [0.1, 0.15) is 0 Å². The lowest BCUT2D eigenvalue weighted by Crippen LogP contribution is -2.02. The highest BCUT2D eigenvalue weighted by Gasteiger charge is 2.29. The van der Waals surface area contributed by atoms with E-state index in [-0.39, 0.29) is 0 Å². The number of hydrazine groups is 1. The van der Waals surface area contributed by atoms with Crippen molar-refractivity contribution >= 4 is 17.1 Å². The van der Waals surface area contributed by atoms with Crippen molar-refractivity contribution in [1.29, 1.82) is 0 Å². The van der Waals surface area contributed by atoms with Crippen LogP contribution in [0.3, 0.4) is 0 Å². The Hall–Kier alpha value is -2.86. The molecule has 0 amide bonds. The maximum Gasteiger partial charge on any atom is 0.324 e. The van der Waals surface area contributed by atoms with E-state index in [4.69, 9.17) is 5.11 Å². The Morgan fingerprint density at radius 1 is 0.889 bits per heavy atom. The third-order valence-electron chi connectivity index (χ3n) is 1.66. The lowest BCUT2D eigenvalue weighted by atomic mass is 10.2. The van der Waals surface area contributed by atoms with Crippen LogP contribution in [0.1, 0.15) is 0 Å². The van der Waals surface area contributed by atoms with Gasteiger partial charge in [0.25, 0.3) is 11.4 Å². The minimum atomic E-state index is -1.21. The minimum Gasteiger partial charge on any atom is -0.497 e. The number of phenols is 1. The van der Waals surface area contributed by atoms with Gasteiger partial charge in [-0.15, -0.1) is 0 Å². The van der Waals surface area contributed by atoms with Gasteiger partial charge >= 0.3 is 11.4 Å². The third kappa shape index (κ3) is 3.06. The van der Waals surface area contributed by atoms with Crippen molar-refractivity contribution < 1.29 is 19.9 Å². The van der Waals surface area contributed by atoms with Crippen molar-refractivity contribution in [2.45, 2.75) is 0 Å². The molecule has 0 bridgehead atoms. The van der Waals surface area contributed by atoms with Crippen LogP contribution in [0.15, 0.2) is 12.1 Å². The first kappa shape index (κ1) is 15.1. The van der Waals surface area contributed by atoms with Gasteiger partial charge in [-0.05, 0) is 0 Å². The summed E-state index contributed by atoms with van der Waals surface area (Å²) in [4.78, 5) is 27.8. The molecule has 0 atom stereocenters. The Morgan fingerprint density at radius 2 is 1.22 bits per heavy atom. The van der Waals surface area contributed by atoms with Crippen LogP contribution < -0.4 is 11.7 Å². The summed E-state index contributed by atoms with van der Waals surface area (Å²) in [5.41, 5.74) is -3.00. The van der Waals surface area contributed by atoms with Crippen LogP contribution in [0.25, 0.3) is 0 Å². The fraction of sp³-hybridized carbons (Fsp3) is 0. The van der Waals surface area contributed by atoms with E-state index < -0.39 is 37.6 Å². The molecule has 0 aliphatic carbocycles. The molecule has 12 heteroatoms. The molecule has 1 aromatic carbocycles. The van der Waals surface area contributed by atoms with Gasteiger partial charge < -0.3 is 5.11 Å². The summed E-state index contributed by atoms with van der Waals surface area (Å²) in [6.07, 6.45) is 0. The largest absolute Gasteiger partial charge is 0.497 e. The number of aromatic hydroxyl groups is 1. The highest BCUT2D eigenvalue weighted by molar-refractivity contribution is 5.64. The molecule has 98 valence electrons. The molecule has 0 aliphatic rings.